The third kappa shape index (κ3) is 2.56. The van der Waals surface area contributed by atoms with Gasteiger partial charge in [0.15, 0.2) is 0 Å². The molecule has 0 fully saturated rings. The van der Waals surface area contributed by atoms with Crippen LogP contribution in [0.5, 0.6) is 5.75 Å². The fraction of sp³-hybridized carbons (Fsp3) is 0.0714. The van der Waals surface area contributed by atoms with E-state index in [1.54, 1.807) is 31.6 Å². The van der Waals surface area contributed by atoms with Crippen molar-refractivity contribution in [2.75, 3.05) is 7.11 Å². The molecular formula is C14H11NO2. The van der Waals surface area contributed by atoms with E-state index >= 15 is 0 Å². The average molecular weight is 225 g/mol. The van der Waals surface area contributed by atoms with Crippen molar-refractivity contribution in [2.24, 2.45) is 0 Å². The van der Waals surface area contributed by atoms with Crippen LogP contribution in [-0.4, -0.2) is 7.11 Å². The quantitative estimate of drug-likeness (QED) is 0.752. The summed E-state index contributed by atoms with van der Waals surface area (Å²) in [5, 5.41) is 9.11. The lowest BCUT2D eigenvalue weighted by Gasteiger charge is -2.01. The first-order valence-corrected chi connectivity index (χ1v) is 5.13. The van der Waals surface area contributed by atoms with Crippen LogP contribution in [-0.2, 0) is 0 Å². The topological polar surface area (TPSA) is 46.2 Å². The number of rotatable bonds is 3. The fourth-order valence-electron chi connectivity index (χ4n) is 1.47. The minimum Gasteiger partial charge on any atom is -0.497 e. The van der Waals surface area contributed by atoms with Crippen molar-refractivity contribution in [3.8, 4) is 11.8 Å². The highest BCUT2D eigenvalue weighted by molar-refractivity contribution is 5.88. The number of nitriles is 1. The molecule has 2 rings (SSSR count). The van der Waals surface area contributed by atoms with Crippen LogP contribution in [0.3, 0.4) is 0 Å². The zero-order valence-electron chi connectivity index (χ0n) is 9.38. The molecule has 0 aliphatic rings. The zero-order valence-corrected chi connectivity index (χ0v) is 9.38. The van der Waals surface area contributed by atoms with Crippen LogP contribution in [0.2, 0.25) is 0 Å². The van der Waals surface area contributed by atoms with E-state index < -0.39 is 0 Å². The molecule has 0 bridgehead atoms. The normalized spacial score (nSPS) is 10.9. The second kappa shape index (κ2) is 5.04. The minimum absolute atomic E-state index is 0.558. The molecular weight excluding hydrogens is 214 g/mol. The Kier molecular flexibility index (Phi) is 3.27. The fourth-order valence-corrected chi connectivity index (χ4v) is 1.47. The van der Waals surface area contributed by atoms with Crippen molar-refractivity contribution >= 4 is 11.6 Å². The summed E-state index contributed by atoms with van der Waals surface area (Å²) < 4.78 is 10.2. The van der Waals surface area contributed by atoms with E-state index in [4.69, 9.17) is 14.4 Å². The summed E-state index contributed by atoms with van der Waals surface area (Å²) in [6.07, 6.45) is 3.29. The van der Waals surface area contributed by atoms with Gasteiger partial charge in [0.05, 0.1) is 25.0 Å². The van der Waals surface area contributed by atoms with E-state index in [1.807, 2.05) is 24.3 Å². The lowest BCUT2D eigenvalue weighted by molar-refractivity contribution is 0.415. The van der Waals surface area contributed by atoms with Crippen molar-refractivity contribution < 1.29 is 9.15 Å². The molecule has 17 heavy (non-hydrogen) atoms. The summed E-state index contributed by atoms with van der Waals surface area (Å²) in [6.45, 7) is 0. The summed E-state index contributed by atoms with van der Waals surface area (Å²) >= 11 is 0. The summed E-state index contributed by atoms with van der Waals surface area (Å²) in [5.74, 6) is 1.43. The predicted octanol–water partition coefficient (Wildman–Crippen LogP) is 3.35. The van der Waals surface area contributed by atoms with Gasteiger partial charge in [0.2, 0.25) is 0 Å². The van der Waals surface area contributed by atoms with Gasteiger partial charge in [-0.2, -0.15) is 5.26 Å². The summed E-state index contributed by atoms with van der Waals surface area (Å²) in [5.41, 5.74) is 1.40. The van der Waals surface area contributed by atoms with Crippen LogP contribution in [0, 0.1) is 11.3 Å². The summed E-state index contributed by atoms with van der Waals surface area (Å²) in [4.78, 5) is 0. The summed E-state index contributed by atoms with van der Waals surface area (Å²) in [6, 6.07) is 13.1. The number of furan rings is 1. The highest BCUT2D eigenvalue weighted by Gasteiger charge is 2.02. The third-order valence-electron chi connectivity index (χ3n) is 2.35. The predicted molar refractivity (Wildman–Crippen MR) is 65.2 cm³/mol. The Balaban J connectivity index is 2.33. The monoisotopic (exact) mass is 225 g/mol. The number of hydrogen-bond acceptors (Lipinski definition) is 3. The van der Waals surface area contributed by atoms with E-state index in [2.05, 4.69) is 6.07 Å². The number of allylic oxidation sites excluding steroid dienone is 1. The Labute approximate surface area is 99.6 Å². The Bertz CT molecular complexity index is 545. The molecule has 0 spiro atoms. The van der Waals surface area contributed by atoms with Crippen molar-refractivity contribution in [1.29, 1.82) is 5.26 Å². The molecule has 0 unspecified atom stereocenters. The number of nitrogens with zero attached hydrogens (tertiary/aromatic N) is 1. The van der Waals surface area contributed by atoms with Gasteiger partial charge in [0, 0.05) is 0 Å². The van der Waals surface area contributed by atoms with E-state index in [0.29, 0.717) is 11.3 Å². The highest BCUT2D eigenvalue weighted by Crippen LogP contribution is 2.20. The van der Waals surface area contributed by atoms with Gasteiger partial charge in [-0.15, -0.1) is 0 Å². The molecule has 0 aliphatic carbocycles. The molecule has 84 valence electrons. The molecule has 0 amide bonds. The number of ether oxygens (including phenoxy) is 1. The van der Waals surface area contributed by atoms with Crippen LogP contribution < -0.4 is 4.74 Å². The molecule has 3 nitrogen and oxygen atoms in total. The maximum Gasteiger partial charge on any atom is 0.127 e. The van der Waals surface area contributed by atoms with Crippen LogP contribution in [0.15, 0.2) is 47.1 Å². The number of benzene rings is 1. The molecule has 0 radical (unpaired) electrons. The molecule has 0 N–H and O–H groups in total. The van der Waals surface area contributed by atoms with Gasteiger partial charge < -0.3 is 9.15 Å². The highest BCUT2D eigenvalue weighted by atomic mass is 16.5. The first-order chi connectivity index (χ1) is 8.33. The Morgan fingerprint density at radius 3 is 2.59 bits per heavy atom. The summed E-state index contributed by atoms with van der Waals surface area (Å²) in [7, 11) is 1.61. The molecule has 0 saturated carbocycles. The molecule has 1 heterocycles. The largest absolute Gasteiger partial charge is 0.497 e. The van der Waals surface area contributed by atoms with E-state index in [9.17, 15) is 0 Å². The van der Waals surface area contributed by atoms with Crippen LogP contribution >= 0.6 is 0 Å². The molecule has 1 aromatic carbocycles. The molecule has 0 aliphatic heterocycles. The zero-order chi connectivity index (χ0) is 12.1. The molecule has 2 aromatic rings. The van der Waals surface area contributed by atoms with Crippen molar-refractivity contribution in [3.63, 3.8) is 0 Å². The minimum atomic E-state index is 0.558. The molecule has 1 aromatic heterocycles. The molecule has 0 saturated heterocycles. The Morgan fingerprint density at radius 2 is 2.06 bits per heavy atom. The van der Waals surface area contributed by atoms with Crippen LogP contribution in [0.1, 0.15) is 11.3 Å². The van der Waals surface area contributed by atoms with Gasteiger partial charge in [-0.25, -0.2) is 0 Å². The lowest BCUT2D eigenvalue weighted by Crippen LogP contribution is -1.84. The average Bonchev–Trinajstić information content (AvgIpc) is 2.89. The van der Waals surface area contributed by atoms with Crippen molar-refractivity contribution in [1.82, 2.24) is 0 Å². The number of hydrogen-bond donors (Lipinski definition) is 0. The van der Waals surface area contributed by atoms with Gasteiger partial charge in [-0.05, 0) is 48.0 Å². The maximum atomic E-state index is 9.11. The van der Waals surface area contributed by atoms with Gasteiger partial charge in [0.25, 0.3) is 0 Å². The standard InChI is InChI=1S/C14H11NO2/c1-16-13-6-4-11(5-7-13)12(10-15)9-14-3-2-8-17-14/h2-9H,1H3/b12-9+. The molecule has 3 heteroatoms. The third-order valence-corrected chi connectivity index (χ3v) is 2.35. The van der Waals surface area contributed by atoms with Crippen LogP contribution in [0.25, 0.3) is 11.6 Å². The molecule has 0 atom stereocenters. The second-order valence-corrected chi connectivity index (χ2v) is 3.41. The van der Waals surface area contributed by atoms with E-state index in [0.717, 1.165) is 11.3 Å². The van der Waals surface area contributed by atoms with Crippen molar-refractivity contribution in [3.05, 3.63) is 54.0 Å². The van der Waals surface area contributed by atoms with Gasteiger partial charge in [-0.1, -0.05) is 0 Å². The van der Waals surface area contributed by atoms with Gasteiger partial charge in [0.1, 0.15) is 11.5 Å². The Hall–Kier alpha value is -2.47. The van der Waals surface area contributed by atoms with E-state index in [1.165, 1.54) is 0 Å². The van der Waals surface area contributed by atoms with Gasteiger partial charge >= 0.3 is 0 Å². The Morgan fingerprint density at radius 1 is 1.29 bits per heavy atom. The first-order valence-electron chi connectivity index (χ1n) is 5.13. The SMILES string of the molecule is COc1ccc(/C(C#N)=C/c2ccco2)cc1. The van der Waals surface area contributed by atoms with Crippen molar-refractivity contribution in [2.45, 2.75) is 0 Å². The van der Waals surface area contributed by atoms with Crippen LogP contribution in [0.4, 0.5) is 0 Å². The van der Waals surface area contributed by atoms with E-state index in [-0.39, 0.29) is 0 Å². The smallest absolute Gasteiger partial charge is 0.127 e. The maximum absolute atomic E-state index is 9.11. The first kappa shape index (κ1) is 11.0. The number of methoxy groups -OCH3 is 1. The second-order valence-electron chi connectivity index (χ2n) is 3.41. The van der Waals surface area contributed by atoms with Gasteiger partial charge in [-0.3, -0.25) is 0 Å². The lowest BCUT2D eigenvalue weighted by atomic mass is 10.1.